The lowest BCUT2D eigenvalue weighted by Crippen LogP contribution is -2.20. The fraction of sp³-hybridized carbons (Fsp3) is 0.286. The summed E-state index contributed by atoms with van der Waals surface area (Å²) in [7, 11) is 1.94. The molecule has 0 fully saturated rings. The highest BCUT2D eigenvalue weighted by Gasteiger charge is 2.10. The maximum Gasteiger partial charge on any atom is 0.134 e. The van der Waals surface area contributed by atoms with Crippen LogP contribution >= 0.6 is 15.9 Å². The van der Waals surface area contributed by atoms with Gasteiger partial charge in [-0.3, -0.25) is 4.98 Å². The third-order valence-corrected chi connectivity index (χ3v) is 3.22. The Balaban J connectivity index is 2.22. The van der Waals surface area contributed by atoms with Gasteiger partial charge in [0.1, 0.15) is 5.82 Å². The minimum Gasteiger partial charge on any atom is -0.392 e. The molecular weight excluding hydrogens is 306 g/mol. The standard InChI is InChI=1S/C14H16BrN3O/c1-10-4-3-5-13(17-10)8-18(2)14-11(9-19)6-12(15)7-16-14/h3-7,19H,8-9H2,1-2H3. The van der Waals surface area contributed by atoms with Gasteiger partial charge in [-0.05, 0) is 41.1 Å². The Hall–Kier alpha value is -1.46. The van der Waals surface area contributed by atoms with Crippen molar-refractivity contribution in [1.29, 1.82) is 0 Å². The summed E-state index contributed by atoms with van der Waals surface area (Å²) in [6.07, 6.45) is 1.73. The number of nitrogens with zero attached hydrogens (tertiary/aromatic N) is 3. The first-order chi connectivity index (χ1) is 9.10. The number of aryl methyl sites for hydroxylation is 1. The number of anilines is 1. The highest BCUT2D eigenvalue weighted by molar-refractivity contribution is 9.10. The van der Waals surface area contributed by atoms with E-state index in [1.54, 1.807) is 6.20 Å². The molecule has 19 heavy (non-hydrogen) atoms. The second kappa shape index (κ2) is 6.12. The maximum absolute atomic E-state index is 9.40. The maximum atomic E-state index is 9.40. The van der Waals surface area contributed by atoms with Crippen molar-refractivity contribution < 1.29 is 5.11 Å². The molecular formula is C14H16BrN3O. The largest absolute Gasteiger partial charge is 0.392 e. The molecule has 5 heteroatoms. The molecule has 0 aromatic carbocycles. The summed E-state index contributed by atoms with van der Waals surface area (Å²) in [6, 6.07) is 7.83. The van der Waals surface area contributed by atoms with E-state index in [0.717, 1.165) is 27.2 Å². The van der Waals surface area contributed by atoms with Gasteiger partial charge in [-0.1, -0.05) is 6.07 Å². The Morgan fingerprint density at radius 2 is 2.16 bits per heavy atom. The number of aliphatic hydroxyl groups excluding tert-OH is 1. The quantitative estimate of drug-likeness (QED) is 0.940. The van der Waals surface area contributed by atoms with Crippen LogP contribution in [0.2, 0.25) is 0 Å². The SMILES string of the molecule is Cc1cccc(CN(C)c2ncc(Br)cc2CO)n1. The zero-order valence-corrected chi connectivity index (χ0v) is 12.6. The monoisotopic (exact) mass is 321 g/mol. The van der Waals surface area contributed by atoms with E-state index in [9.17, 15) is 5.11 Å². The van der Waals surface area contributed by atoms with Crippen molar-refractivity contribution in [3.05, 3.63) is 51.9 Å². The number of hydrogen-bond donors (Lipinski definition) is 1. The Morgan fingerprint density at radius 3 is 2.84 bits per heavy atom. The molecule has 0 radical (unpaired) electrons. The Morgan fingerprint density at radius 1 is 1.37 bits per heavy atom. The molecule has 2 rings (SSSR count). The van der Waals surface area contributed by atoms with Crippen molar-refractivity contribution in [2.75, 3.05) is 11.9 Å². The van der Waals surface area contributed by atoms with E-state index >= 15 is 0 Å². The van der Waals surface area contributed by atoms with E-state index in [1.165, 1.54) is 0 Å². The minimum atomic E-state index is -0.0344. The number of pyridine rings is 2. The Bertz CT molecular complexity index is 574. The predicted molar refractivity (Wildman–Crippen MR) is 78.9 cm³/mol. The van der Waals surface area contributed by atoms with Crippen molar-refractivity contribution in [2.24, 2.45) is 0 Å². The molecule has 0 amide bonds. The average Bonchev–Trinajstić information content (AvgIpc) is 2.38. The summed E-state index contributed by atoms with van der Waals surface area (Å²) >= 11 is 3.36. The van der Waals surface area contributed by atoms with Gasteiger partial charge in [0.05, 0.1) is 18.8 Å². The lowest BCUT2D eigenvalue weighted by atomic mass is 10.2. The zero-order chi connectivity index (χ0) is 13.8. The average molecular weight is 322 g/mol. The molecule has 0 atom stereocenters. The van der Waals surface area contributed by atoms with Gasteiger partial charge in [-0.2, -0.15) is 0 Å². The van der Waals surface area contributed by atoms with Crippen LogP contribution in [0.4, 0.5) is 5.82 Å². The predicted octanol–water partition coefficient (Wildman–Crippen LogP) is 2.68. The summed E-state index contributed by atoms with van der Waals surface area (Å²) in [5.41, 5.74) is 2.78. The van der Waals surface area contributed by atoms with Crippen LogP contribution < -0.4 is 4.90 Å². The van der Waals surface area contributed by atoms with Gasteiger partial charge in [-0.25, -0.2) is 4.98 Å². The first-order valence-electron chi connectivity index (χ1n) is 5.99. The fourth-order valence-electron chi connectivity index (χ4n) is 1.94. The van der Waals surface area contributed by atoms with Crippen molar-refractivity contribution in [3.8, 4) is 0 Å². The number of aromatic nitrogens is 2. The summed E-state index contributed by atoms with van der Waals surface area (Å²) in [4.78, 5) is 10.8. The summed E-state index contributed by atoms with van der Waals surface area (Å²) < 4.78 is 0.863. The van der Waals surface area contributed by atoms with E-state index in [2.05, 4.69) is 25.9 Å². The summed E-state index contributed by atoms with van der Waals surface area (Å²) in [6.45, 7) is 2.59. The van der Waals surface area contributed by atoms with Crippen LogP contribution in [-0.4, -0.2) is 22.1 Å². The van der Waals surface area contributed by atoms with E-state index in [4.69, 9.17) is 0 Å². The molecule has 0 spiro atoms. The van der Waals surface area contributed by atoms with Crippen LogP contribution in [0.15, 0.2) is 34.9 Å². The number of aliphatic hydroxyl groups is 1. The lowest BCUT2D eigenvalue weighted by Gasteiger charge is -2.20. The van der Waals surface area contributed by atoms with Crippen molar-refractivity contribution in [1.82, 2.24) is 9.97 Å². The Kier molecular flexibility index (Phi) is 4.50. The van der Waals surface area contributed by atoms with E-state index in [1.807, 2.05) is 43.1 Å². The van der Waals surface area contributed by atoms with Gasteiger partial charge in [0.25, 0.3) is 0 Å². The lowest BCUT2D eigenvalue weighted by molar-refractivity contribution is 0.281. The van der Waals surface area contributed by atoms with Crippen LogP contribution in [0.3, 0.4) is 0 Å². The second-order valence-electron chi connectivity index (χ2n) is 4.42. The third-order valence-electron chi connectivity index (χ3n) is 2.79. The van der Waals surface area contributed by atoms with Crippen LogP contribution in [0.25, 0.3) is 0 Å². The normalized spacial score (nSPS) is 10.5. The molecule has 0 saturated carbocycles. The molecule has 0 aliphatic heterocycles. The van der Waals surface area contributed by atoms with Crippen molar-refractivity contribution in [2.45, 2.75) is 20.1 Å². The number of hydrogen-bond acceptors (Lipinski definition) is 4. The molecule has 0 unspecified atom stereocenters. The summed E-state index contributed by atoms with van der Waals surface area (Å²) in [5, 5.41) is 9.40. The highest BCUT2D eigenvalue weighted by atomic mass is 79.9. The van der Waals surface area contributed by atoms with E-state index in [0.29, 0.717) is 6.54 Å². The van der Waals surface area contributed by atoms with E-state index in [-0.39, 0.29) is 6.61 Å². The minimum absolute atomic E-state index is 0.0344. The molecule has 100 valence electrons. The molecule has 2 aromatic rings. The first kappa shape index (κ1) is 14.0. The fourth-order valence-corrected chi connectivity index (χ4v) is 2.32. The van der Waals surface area contributed by atoms with Gasteiger partial charge in [0.15, 0.2) is 0 Å². The number of halogens is 1. The molecule has 0 aliphatic carbocycles. The summed E-state index contributed by atoms with van der Waals surface area (Å²) in [5.74, 6) is 0.772. The Labute approximate surface area is 121 Å². The van der Waals surface area contributed by atoms with Gasteiger partial charge in [0, 0.05) is 29.0 Å². The van der Waals surface area contributed by atoms with Gasteiger partial charge in [0.2, 0.25) is 0 Å². The van der Waals surface area contributed by atoms with Gasteiger partial charge >= 0.3 is 0 Å². The topological polar surface area (TPSA) is 49.2 Å². The van der Waals surface area contributed by atoms with Crippen LogP contribution in [0, 0.1) is 6.92 Å². The smallest absolute Gasteiger partial charge is 0.134 e. The highest BCUT2D eigenvalue weighted by Crippen LogP contribution is 2.21. The van der Waals surface area contributed by atoms with Crippen LogP contribution in [0.5, 0.6) is 0 Å². The van der Waals surface area contributed by atoms with Crippen LogP contribution in [-0.2, 0) is 13.2 Å². The third kappa shape index (κ3) is 3.52. The molecule has 0 saturated heterocycles. The van der Waals surface area contributed by atoms with Gasteiger partial charge < -0.3 is 10.0 Å². The molecule has 4 nitrogen and oxygen atoms in total. The van der Waals surface area contributed by atoms with Crippen molar-refractivity contribution in [3.63, 3.8) is 0 Å². The zero-order valence-electron chi connectivity index (χ0n) is 11.0. The molecule has 2 heterocycles. The number of rotatable bonds is 4. The molecule has 2 aromatic heterocycles. The van der Waals surface area contributed by atoms with Crippen molar-refractivity contribution >= 4 is 21.7 Å². The second-order valence-corrected chi connectivity index (χ2v) is 5.34. The molecule has 1 N–H and O–H groups in total. The van der Waals surface area contributed by atoms with E-state index < -0.39 is 0 Å². The molecule has 0 bridgehead atoms. The molecule has 0 aliphatic rings. The van der Waals surface area contributed by atoms with Crippen LogP contribution in [0.1, 0.15) is 17.0 Å². The van der Waals surface area contributed by atoms with Gasteiger partial charge in [-0.15, -0.1) is 0 Å². The first-order valence-corrected chi connectivity index (χ1v) is 6.78.